The van der Waals surface area contributed by atoms with Crippen LogP contribution in [0, 0.1) is 11.6 Å². The molecule has 184 valence electrons. The third kappa shape index (κ3) is 7.91. The van der Waals surface area contributed by atoms with Crippen molar-refractivity contribution in [3.63, 3.8) is 0 Å². The maximum Gasteiger partial charge on any atom is 0.261 e. The SMILES string of the molecule is CC[C@@H](C)NC(=O)[C@H](Cc1ccccc1)N(Cc1ccc(F)cc1)C(=O)COc1ccc(F)cc1. The predicted molar refractivity (Wildman–Crippen MR) is 131 cm³/mol. The molecule has 0 aliphatic rings. The van der Waals surface area contributed by atoms with E-state index in [-0.39, 0.29) is 30.9 Å². The molecule has 0 aliphatic carbocycles. The van der Waals surface area contributed by atoms with Crippen LogP contribution in [0.3, 0.4) is 0 Å². The summed E-state index contributed by atoms with van der Waals surface area (Å²) in [6, 6.07) is 19.7. The fourth-order valence-corrected chi connectivity index (χ4v) is 3.54. The average molecular weight is 481 g/mol. The summed E-state index contributed by atoms with van der Waals surface area (Å²) in [4.78, 5) is 28.3. The number of hydrogen-bond donors (Lipinski definition) is 1. The van der Waals surface area contributed by atoms with Gasteiger partial charge < -0.3 is 15.0 Å². The molecule has 2 atom stereocenters. The van der Waals surface area contributed by atoms with Crippen molar-refractivity contribution in [2.24, 2.45) is 0 Å². The number of hydrogen-bond acceptors (Lipinski definition) is 3. The van der Waals surface area contributed by atoms with Crippen molar-refractivity contribution in [1.29, 1.82) is 0 Å². The summed E-state index contributed by atoms with van der Waals surface area (Å²) in [5.41, 5.74) is 1.57. The Kier molecular flexibility index (Phi) is 9.35. The number of rotatable bonds is 11. The van der Waals surface area contributed by atoms with Gasteiger partial charge in [-0.15, -0.1) is 0 Å². The molecule has 0 saturated carbocycles. The van der Waals surface area contributed by atoms with Crippen LogP contribution in [0.4, 0.5) is 8.78 Å². The smallest absolute Gasteiger partial charge is 0.261 e. The Labute approximate surface area is 204 Å². The molecular weight excluding hydrogens is 450 g/mol. The summed E-state index contributed by atoms with van der Waals surface area (Å²) in [6.07, 6.45) is 1.04. The molecule has 0 heterocycles. The predicted octanol–water partition coefficient (Wildman–Crippen LogP) is 4.90. The Hall–Kier alpha value is -3.74. The van der Waals surface area contributed by atoms with Crippen LogP contribution < -0.4 is 10.1 Å². The highest BCUT2D eigenvalue weighted by Crippen LogP contribution is 2.17. The minimum atomic E-state index is -0.819. The molecule has 35 heavy (non-hydrogen) atoms. The van der Waals surface area contributed by atoms with Crippen molar-refractivity contribution in [3.05, 3.63) is 102 Å². The topological polar surface area (TPSA) is 58.6 Å². The minimum absolute atomic E-state index is 0.0704. The molecule has 3 aromatic carbocycles. The lowest BCUT2D eigenvalue weighted by atomic mass is 10.0. The zero-order valence-electron chi connectivity index (χ0n) is 19.9. The van der Waals surface area contributed by atoms with E-state index >= 15 is 0 Å². The van der Waals surface area contributed by atoms with Crippen LogP contribution in [0.5, 0.6) is 5.75 Å². The van der Waals surface area contributed by atoms with Gasteiger partial charge in [0.1, 0.15) is 23.4 Å². The second-order valence-corrected chi connectivity index (χ2v) is 8.41. The van der Waals surface area contributed by atoms with Crippen molar-refractivity contribution >= 4 is 11.8 Å². The summed E-state index contributed by atoms with van der Waals surface area (Å²) in [5.74, 6) is -1.16. The second-order valence-electron chi connectivity index (χ2n) is 8.41. The Morgan fingerprint density at radius 1 is 0.886 bits per heavy atom. The minimum Gasteiger partial charge on any atom is -0.484 e. The largest absolute Gasteiger partial charge is 0.484 e. The maximum absolute atomic E-state index is 13.5. The monoisotopic (exact) mass is 480 g/mol. The quantitative estimate of drug-likeness (QED) is 0.425. The lowest BCUT2D eigenvalue weighted by Crippen LogP contribution is -2.53. The first kappa shape index (κ1) is 25.9. The van der Waals surface area contributed by atoms with Gasteiger partial charge in [0.05, 0.1) is 0 Å². The van der Waals surface area contributed by atoms with E-state index in [4.69, 9.17) is 4.74 Å². The van der Waals surface area contributed by atoms with Gasteiger partial charge in [0.25, 0.3) is 5.91 Å². The summed E-state index contributed by atoms with van der Waals surface area (Å²) >= 11 is 0. The highest BCUT2D eigenvalue weighted by molar-refractivity contribution is 5.88. The van der Waals surface area contributed by atoms with Gasteiger partial charge in [-0.1, -0.05) is 49.4 Å². The van der Waals surface area contributed by atoms with Gasteiger partial charge in [0, 0.05) is 19.0 Å². The van der Waals surface area contributed by atoms with Crippen molar-refractivity contribution in [3.8, 4) is 5.75 Å². The van der Waals surface area contributed by atoms with Gasteiger partial charge in [0.15, 0.2) is 6.61 Å². The van der Waals surface area contributed by atoms with Crippen LogP contribution in [-0.4, -0.2) is 35.4 Å². The molecule has 3 aromatic rings. The van der Waals surface area contributed by atoms with Crippen molar-refractivity contribution in [2.75, 3.05) is 6.61 Å². The van der Waals surface area contributed by atoms with Gasteiger partial charge in [-0.2, -0.15) is 0 Å². The molecule has 0 radical (unpaired) electrons. The van der Waals surface area contributed by atoms with E-state index in [1.165, 1.54) is 41.3 Å². The Balaban J connectivity index is 1.89. The zero-order valence-corrected chi connectivity index (χ0v) is 19.9. The van der Waals surface area contributed by atoms with Crippen LogP contribution >= 0.6 is 0 Å². The number of nitrogens with one attached hydrogen (secondary N) is 1. The highest BCUT2D eigenvalue weighted by Gasteiger charge is 2.31. The van der Waals surface area contributed by atoms with E-state index in [0.29, 0.717) is 17.7 Å². The van der Waals surface area contributed by atoms with Crippen molar-refractivity contribution in [2.45, 2.75) is 45.3 Å². The van der Waals surface area contributed by atoms with E-state index in [9.17, 15) is 18.4 Å². The van der Waals surface area contributed by atoms with E-state index < -0.39 is 17.8 Å². The molecule has 0 unspecified atom stereocenters. The molecule has 0 aromatic heterocycles. The first-order valence-corrected chi connectivity index (χ1v) is 11.6. The molecule has 5 nitrogen and oxygen atoms in total. The van der Waals surface area contributed by atoms with Gasteiger partial charge in [-0.3, -0.25) is 9.59 Å². The summed E-state index contributed by atoms with van der Waals surface area (Å²) in [6.45, 7) is 3.63. The molecule has 0 saturated heterocycles. The normalized spacial score (nSPS) is 12.5. The van der Waals surface area contributed by atoms with Gasteiger partial charge in [-0.25, -0.2) is 8.78 Å². The lowest BCUT2D eigenvalue weighted by Gasteiger charge is -2.32. The number of nitrogens with zero attached hydrogens (tertiary/aromatic N) is 1. The standard InChI is InChI=1S/C28H30F2N2O3/c1-3-20(2)31-28(34)26(17-21-7-5-4-6-8-21)32(18-22-9-11-23(29)12-10-22)27(33)19-35-25-15-13-24(30)14-16-25/h4-16,20,26H,3,17-19H2,1-2H3,(H,31,34)/t20-,26+/m1/s1. The lowest BCUT2D eigenvalue weighted by molar-refractivity contribution is -0.143. The van der Waals surface area contributed by atoms with Crippen LogP contribution in [0.1, 0.15) is 31.4 Å². The molecule has 2 amide bonds. The maximum atomic E-state index is 13.5. The van der Waals surface area contributed by atoms with Gasteiger partial charge >= 0.3 is 0 Å². The van der Waals surface area contributed by atoms with E-state index in [2.05, 4.69) is 5.32 Å². The van der Waals surface area contributed by atoms with E-state index in [1.54, 1.807) is 12.1 Å². The Morgan fingerprint density at radius 2 is 1.49 bits per heavy atom. The molecule has 1 N–H and O–H groups in total. The van der Waals surface area contributed by atoms with Gasteiger partial charge in [0.2, 0.25) is 5.91 Å². The highest BCUT2D eigenvalue weighted by atomic mass is 19.1. The third-order valence-corrected chi connectivity index (χ3v) is 5.71. The molecule has 3 rings (SSSR count). The molecular formula is C28H30F2N2O3. The molecule has 0 bridgehead atoms. The first-order valence-electron chi connectivity index (χ1n) is 11.6. The molecule has 0 fully saturated rings. The second kappa shape index (κ2) is 12.6. The van der Waals surface area contributed by atoms with Crippen molar-refractivity contribution < 1.29 is 23.1 Å². The number of halogens is 2. The first-order chi connectivity index (χ1) is 16.9. The number of amides is 2. The molecule has 7 heteroatoms. The molecule has 0 aliphatic heterocycles. The average Bonchev–Trinajstić information content (AvgIpc) is 2.87. The zero-order chi connectivity index (χ0) is 25.2. The number of carbonyl (C=O) groups excluding carboxylic acids is 2. The third-order valence-electron chi connectivity index (χ3n) is 5.71. The number of ether oxygens (including phenoxy) is 1. The summed E-state index contributed by atoms with van der Waals surface area (Å²) in [7, 11) is 0. The van der Waals surface area contributed by atoms with E-state index in [0.717, 1.165) is 12.0 Å². The fourth-order valence-electron chi connectivity index (χ4n) is 3.54. The van der Waals surface area contributed by atoms with Gasteiger partial charge in [-0.05, 0) is 60.9 Å². The Bertz CT molecular complexity index is 1090. The van der Waals surface area contributed by atoms with Crippen LogP contribution in [-0.2, 0) is 22.6 Å². The van der Waals surface area contributed by atoms with Crippen molar-refractivity contribution in [1.82, 2.24) is 10.2 Å². The summed E-state index contributed by atoms with van der Waals surface area (Å²) < 4.78 is 32.3. The van der Waals surface area contributed by atoms with Crippen LogP contribution in [0.15, 0.2) is 78.9 Å². The number of carbonyl (C=O) groups is 2. The van der Waals surface area contributed by atoms with E-state index in [1.807, 2.05) is 44.2 Å². The fraction of sp³-hybridized carbons (Fsp3) is 0.286. The molecule has 0 spiro atoms. The van der Waals surface area contributed by atoms with Crippen LogP contribution in [0.25, 0.3) is 0 Å². The Morgan fingerprint density at radius 3 is 2.09 bits per heavy atom. The van der Waals surface area contributed by atoms with Crippen LogP contribution in [0.2, 0.25) is 0 Å². The number of benzene rings is 3. The summed E-state index contributed by atoms with van der Waals surface area (Å²) in [5, 5.41) is 2.98.